The molecule has 0 radical (unpaired) electrons. The van der Waals surface area contributed by atoms with Crippen LogP contribution in [0.5, 0.6) is 5.75 Å². The van der Waals surface area contributed by atoms with E-state index >= 15 is 0 Å². The maximum Gasteiger partial charge on any atom is 0.272 e. The van der Waals surface area contributed by atoms with E-state index in [2.05, 4.69) is 10.4 Å². The molecule has 1 saturated carbocycles. The van der Waals surface area contributed by atoms with E-state index in [-0.39, 0.29) is 17.2 Å². The van der Waals surface area contributed by atoms with Gasteiger partial charge in [-0.1, -0.05) is 0 Å². The summed E-state index contributed by atoms with van der Waals surface area (Å²) in [6, 6.07) is 6.16. The van der Waals surface area contributed by atoms with E-state index in [4.69, 9.17) is 4.74 Å². The maximum atomic E-state index is 13.8. The highest BCUT2D eigenvalue weighted by Gasteiger charge is 2.37. The molecule has 1 aliphatic carbocycles. The fourth-order valence-corrected chi connectivity index (χ4v) is 3.14. The van der Waals surface area contributed by atoms with E-state index in [1.165, 1.54) is 44.5 Å². The van der Waals surface area contributed by atoms with Gasteiger partial charge in [-0.2, -0.15) is 5.10 Å². The molecule has 1 aromatic heterocycles. The lowest BCUT2D eigenvalue weighted by molar-refractivity contribution is 0.0230. The number of aryl methyl sites for hydroxylation is 1. The minimum atomic E-state index is -0.546. The van der Waals surface area contributed by atoms with Gasteiger partial charge in [0.2, 0.25) is 0 Å². The van der Waals surface area contributed by atoms with Gasteiger partial charge < -0.3 is 15.2 Å². The molecule has 0 bridgehead atoms. The number of methoxy groups -OCH3 is 1. The number of rotatable bonds is 5. The van der Waals surface area contributed by atoms with Crippen molar-refractivity contribution in [2.45, 2.75) is 25.0 Å². The number of nitrogens with zero attached hydrogens (tertiary/aromatic N) is 2. The lowest BCUT2D eigenvalue weighted by Crippen LogP contribution is -2.42. The summed E-state index contributed by atoms with van der Waals surface area (Å²) in [4.78, 5) is 24.1. The second-order valence-corrected chi connectivity index (χ2v) is 6.40. The van der Waals surface area contributed by atoms with Crippen molar-refractivity contribution < 1.29 is 19.0 Å². The van der Waals surface area contributed by atoms with Crippen molar-refractivity contribution in [1.29, 1.82) is 0 Å². The minimum absolute atomic E-state index is 0.0582. The first kappa shape index (κ1) is 18.1. The molecule has 8 heteroatoms. The Balaban J connectivity index is 1.92. The van der Waals surface area contributed by atoms with Gasteiger partial charge in [-0.05, 0) is 43.0 Å². The zero-order valence-electron chi connectivity index (χ0n) is 14.5. The molecule has 3 rings (SSSR count). The molecule has 1 atom stereocenters. The SMILES string of the molecule is COc1ccc(F)cc1C(NC(=O)c1ccc(=O)n(C)n1)C1CC(O)C1. The van der Waals surface area contributed by atoms with Crippen LogP contribution in [0.1, 0.15) is 34.9 Å². The molecule has 1 fully saturated rings. The number of ether oxygens (including phenoxy) is 1. The number of benzene rings is 1. The summed E-state index contributed by atoms with van der Waals surface area (Å²) in [6.45, 7) is 0. The van der Waals surface area contributed by atoms with Crippen LogP contribution in [0.4, 0.5) is 4.39 Å². The maximum absolute atomic E-state index is 13.8. The number of halogens is 1. The standard InChI is InChI=1S/C18H20FN3O4/c1-22-16(24)6-4-14(21-22)18(25)20-17(10-7-12(23)8-10)13-9-11(19)3-5-15(13)26-2/h3-6,9-10,12,17,23H,7-8H2,1-2H3,(H,20,25). The van der Waals surface area contributed by atoms with Gasteiger partial charge in [0, 0.05) is 18.7 Å². The normalized spacial score (nSPS) is 20.2. The molecule has 0 saturated heterocycles. The number of carbonyl (C=O) groups is 1. The molecule has 0 aliphatic heterocycles. The summed E-state index contributed by atoms with van der Waals surface area (Å²) in [5, 5.41) is 16.4. The zero-order valence-corrected chi connectivity index (χ0v) is 14.5. The van der Waals surface area contributed by atoms with Crippen LogP contribution in [0.25, 0.3) is 0 Å². The van der Waals surface area contributed by atoms with Crippen LogP contribution in [0.3, 0.4) is 0 Å². The topological polar surface area (TPSA) is 93.5 Å². The summed E-state index contributed by atoms with van der Waals surface area (Å²) in [6.07, 6.45) is 0.547. The Hall–Kier alpha value is -2.74. The molecule has 1 unspecified atom stereocenters. The quantitative estimate of drug-likeness (QED) is 0.834. The van der Waals surface area contributed by atoms with Gasteiger partial charge in [0.05, 0.1) is 19.3 Å². The van der Waals surface area contributed by atoms with Crippen LogP contribution in [0, 0.1) is 11.7 Å². The molecule has 1 aromatic carbocycles. The highest BCUT2D eigenvalue weighted by atomic mass is 19.1. The van der Waals surface area contributed by atoms with Gasteiger partial charge in [-0.25, -0.2) is 9.07 Å². The van der Waals surface area contributed by atoms with E-state index in [0.29, 0.717) is 24.2 Å². The Morgan fingerprint density at radius 1 is 1.38 bits per heavy atom. The summed E-state index contributed by atoms with van der Waals surface area (Å²) in [7, 11) is 2.92. The lowest BCUT2D eigenvalue weighted by atomic mass is 9.74. The number of carbonyl (C=O) groups excluding carboxylic acids is 1. The predicted octanol–water partition coefficient (Wildman–Crippen LogP) is 1.17. The van der Waals surface area contributed by atoms with E-state index < -0.39 is 23.9 Å². The molecule has 1 heterocycles. The summed E-state index contributed by atoms with van der Waals surface area (Å²) < 4.78 is 20.2. The van der Waals surface area contributed by atoms with E-state index in [9.17, 15) is 19.1 Å². The first-order valence-corrected chi connectivity index (χ1v) is 8.25. The van der Waals surface area contributed by atoms with Crippen LogP contribution < -0.4 is 15.6 Å². The van der Waals surface area contributed by atoms with Crippen molar-refractivity contribution in [3.8, 4) is 5.75 Å². The van der Waals surface area contributed by atoms with Gasteiger partial charge in [0.25, 0.3) is 11.5 Å². The molecular formula is C18H20FN3O4. The number of aliphatic hydroxyl groups is 1. The van der Waals surface area contributed by atoms with Crippen LogP contribution in [-0.2, 0) is 7.05 Å². The van der Waals surface area contributed by atoms with Gasteiger partial charge in [-0.15, -0.1) is 0 Å². The van der Waals surface area contributed by atoms with E-state index in [1.807, 2.05) is 0 Å². The molecule has 0 spiro atoms. The van der Waals surface area contributed by atoms with Crippen LogP contribution in [-0.4, -0.2) is 34.0 Å². The lowest BCUT2D eigenvalue weighted by Gasteiger charge is -2.38. The minimum Gasteiger partial charge on any atom is -0.496 e. The first-order chi connectivity index (χ1) is 12.4. The molecule has 26 heavy (non-hydrogen) atoms. The van der Waals surface area contributed by atoms with Gasteiger partial charge in [0.1, 0.15) is 17.3 Å². The van der Waals surface area contributed by atoms with Crippen molar-refractivity contribution in [3.63, 3.8) is 0 Å². The second-order valence-electron chi connectivity index (χ2n) is 6.40. The first-order valence-electron chi connectivity index (χ1n) is 8.25. The third-order valence-electron chi connectivity index (χ3n) is 4.63. The molecule has 2 N–H and O–H groups in total. The third-order valence-corrected chi connectivity index (χ3v) is 4.63. The smallest absolute Gasteiger partial charge is 0.272 e. The number of aromatic nitrogens is 2. The van der Waals surface area contributed by atoms with Crippen molar-refractivity contribution in [2.75, 3.05) is 7.11 Å². The number of hydrogen-bond acceptors (Lipinski definition) is 5. The largest absolute Gasteiger partial charge is 0.496 e. The monoisotopic (exact) mass is 361 g/mol. The average Bonchev–Trinajstić information content (AvgIpc) is 2.59. The highest BCUT2D eigenvalue weighted by Crippen LogP contribution is 2.41. The fraction of sp³-hybridized carbons (Fsp3) is 0.389. The third kappa shape index (κ3) is 3.60. The Morgan fingerprint density at radius 2 is 2.12 bits per heavy atom. The van der Waals surface area contributed by atoms with Crippen molar-refractivity contribution in [3.05, 3.63) is 57.8 Å². The van der Waals surface area contributed by atoms with Crippen LogP contribution in [0.15, 0.2) is 35.1 Å². The molecular weight excluding hydrogens is 341 g/mol. The Kier molecular flexibility index (Phi) is 5.03. The molecule has 138 valence electrons. The molecule has 7 nitrogen and oxygen atoms in total. The van der Waals surface area contributed by atoms with E-state index in [0.717, 1.165) is 4.68 Å². The predicted molar refractivity (Wildman–Crippen MR) is 91.4 cm³/mol. The van der Waals surface area contributed by atoms with Crippen molar-refractivity contribution >= 4 is 5.91 Å². The summed E-state index contributed by atoms with van der Waals surface area (Å²) in [5.41, 5.74) is 0.252. The van der Waals surface area contributed by atoms with Gasteiger partial charge >= 0.3 is 0 Å². The molecule has 1 aliphatic rings. The summed E-state index contributed by atoms with van der Waals surface area (Å²) in [5.74, 6) is -0.540. The van der Waals surface area contributed by atoms with Gasteiger partial charge in [0.15, 0.2) is 0 Å². The van der Waals surface area contributed by atoms with Crippen molar-refractivity contribution in [2.24, 2.45) is 13.0 Å². The Bertz CT molecular complexity index is 877. The molecule has 1 amide bonds. The Labute approximate surface area is 149 Å². The fourth-order valence-electron chi connectivity index (χ4n) is 3.14. The summed E-state index contributed by atoms with van der Waals surface area (Å²) >= 11 is 0. The zero-order chi connectivity index (χ0) is 18.8. The highest BCUT2D eigenvalue weighted by molar-refractivity contribution is 5.92. The number of nitrogens with one attached hydrogen (secondary N) is 1. The number of aliphatic hydroxyl groups excluding tert-OH is 1. The van der Waals surface area contributed by atoms with Crippen LogP contribution in [0.2, 0.25) is 0 Å². The average molecular weight is 361 g/mol. The van der Waals surface area contributed by atoms with Crippen LogP contribution >= 0.6 is 0 Å². The Morgan fingerprint density at radius 3 is 2.73 bits per heavy atom. The van der Waals surface area contributed by atoms with E-state index in [1.54, 1.807) is 0 Å². The number of hydrogen-bond donors (Lipinski definition) is 2. The second kappa shape index (κ2) is 7.25. The molecule has 2 aromatic rings. The van der Waals surface area contributed by atoms with Gasteiger partial charge in [-0.3, -0.25) is 9.59 Å². The number of amides is 1. The van der Waals surface area contributed by atoms with Crippen molar-refractivity contribution in [1.82, 2.24) is 15.1 Å².